The van der Waals surface area contributed by atoms with E-state index in [0.29, 0.717) is 24.1 Å². The Morgan fingerprint density at radius 1 is 1.23 bits per heavy atom. The molecule has 7 nitrogen and oxygen atoms in total. The van der Waals surface area contributed by atoms with Crippen LogP contribution in [0.15, 0.2) is 59.5 Å². The minimum atomic E-state index is -0.694. The van der Waals surface area contributed by atoms with Gasteiger partial charge >= 0.3 is 6.09 Å². The first kappa shape index (κ1) is 25.0. The third-order valence-electron chi connectivity index (χ3n) is 4.55. The van der Waals surface area contributed by atoms with Gasteiger partial charge in [0.15, 0.2) is 0 Å². The lowest BCUT2D eigenvalue weighted by atomic mass is 9.92. The third-order valence-corrected chi connectivity index (χ3v) is 5.97. The van der Waals surface area contributed by atoms with E-state index in [4.69, 9.17) is 9.94 Å². The van der Waals surface area contributed by atoms with Crippen LogP contribution in [0.4, 0.5) is 10.5 Å². The number of hydrogen-bond acceptors (Lipinski definition) is 6. The Bertz CT molecular complexity index is 921. The quantitative estimate of drug-likeness (QED) is 0.107. The van der Waals surface area contributed by atoms with E-state index in [9.17, 15) is 14.7 Å². The molecule has 0 bridgehead atoms. The van der Waals surface area contributed by atoms with Crippen LogP contribution in [0.1, 0.15) is 31.4 Å². The number of amides is 2. The lowest BCUT2D eigenvalue weighted by Crippen LogP contribution is -2.22. The van der Waals surface area contributed by atoms with Crippen molar-refractivity contribution < 1.29 is 24.6 Å². The second-order valence-corrected chi connectivity index (χ2v) is 8.94. The summed E-state index contributed by atoms with van der Waals surface area (Å²) in [6, 6.07) is 12.5. The Kier molecular flexibility index (Phi) is 10.2. The van der Waals surface area contributed by atoms with E-state index in [2.05, 4.69) is 27.9 Å². The molecule has 2 atom stereocenters. The van der Waals surface area contributed by atoms with E-state index in [0.717, 1.165) is 8.47 Å². The largest absolute Gasteiger partial charge is 0.508 e. The number of carbonyl (C=O) groups is 2. The summed E-state index contributed by atoms with van der Waals surface area (Å²) in [7, 11) is 0. The molecule has 0 unspecified atom stereocenters. The number of hydroxylamine groups is 1. The summed E-state index contributed by atoms with van der Waals surface area (Å²) in [6.45, 7) is 1.91. The van der Waals surface area contributed by atoms with Crippen molar-refractivity contribution in [2.24, 2.45) is 5.92 Å². The van der Waals surface area contributed by atoms with Crippen LogP contribution in [-0.2, 0) is 9.53 Å². The number of phenols is 1. The fourth-order valence-corrected chi connectivity index (χ4v) is 3.84. The molecule has 0 aliphatic rings. The second-order valence-electron chi connectivity index (χ2n) is 6.82. The first-order valence-corrected chi connectivity index (χ1v) is 11.8. The van der Waals surface area contributed by atoms with Crippen molar-refractivity contribution in [1.29, 1.82) is 0 Å². The van der Waals surface area contributed by atoms with Gasteiger partial charge in [-0.05, 0) is 90.1 Å². The van der Waals surface area contributed by atoms with E-state index in [1.165, 1.54) is 11.6 Å². The Labute approximate surface area is 199 Å². The highest BCUT2D eigenvalue weighted by Crippen LogP contribution is 2.36. The molecule has 31 heavy (non-hydrogen) atoms. The summed E-state index contributed by atoms with van der Waals surface area (Å²) in [5, 5.41) is 21.6. The minimum Gasteiger partial charge on any atom is -0.508 e. The van der Waals surface area contributed by atoms with Gasteiger partial charge in [-0.25, -0.2) is 10.3 Å². The van der Waals surface area contributed by atoms with E-state index in [1.807, 2.05) is 25.3 Å². The number of halogens is 1. The van der Waals surface area contributed by atoms with Crippen LogP contribution < -0.4 is 10.8 Å². The summed E-state index contributed by atoms with van der Waals surface area (Å²) in [4.78, 5) is 24.8. The van der Waals surface area contributed by atoms with Crippen molar-refractivity contribution >= 4 is 52.0 Å². The molecular weight excluding hydrogens is 531 g/mol. The van der Waals surface area contributed by atoms with Crippen LogP contribution in [0.3, 0.4) is 0 Å². The van der Waals surface area contributed by atoms with Crippen LogP contribution in [0.5, 0.6) is 5.75 Å². The summed E-state index contributed by atoms with van der Waals surface area (Å²) in [5.74, 6) is -0.720. The highest BCUT2D eigenvalue weighted by Gasteiger charge is 2.26. The molecule has 0 aliphatic heterocycles. The number of ether oxygens (including phenoxy) is 1. The number of phenolic OH excluding ortho intramolecular Hbond substituents is 1. The molecule has 2 amide bonds. The zero-order valence-corrected chi connectivity index (χ0v) is 20.1. The number of nitrogens with one attached hydrogen (secondary N) is 2. The maximum Gasteiger partial charge on any atom is 0.412 e. The summed E-state index contributed by atoms with van der Waals surface area (Å²) in [6.07, 6.45) is 4.62. The minimum absolute atomic E-state index is 0.0459. The fraction of sp³-hybridized carbons (Fsp3) is 0.273. The molecule has 0 spiro atoms. The van der Waals surface area contributed by atoms with Crippen LogP contribution in [0.25, 0.3) is 0 Å². The number of rotatable bonds is 9. The Hall–Kier alpha value is -2.24. The molecule has 0 saturated carbocycles. The predicted molar refractivity (Wildman–Crippen MR) is 129 cm³/mol. The SMILES string of the molecule is CSc1ccc(NC(=O)O[C@H](c2cc(I)ccc2O)[C@@H](C)CC/C=C/C(=O)NO)cc1. The fourth-order valence-electron chi connectivity index (χ4n) is 2.91. The highest BCUT2D eigenvalue weighted by molar-refractivity contribution is 14.1. The van der Waals surface area contributed by atoms with Gasteiger partial charge in [0.25, 0.3) is 5.91 Å². The number of allylic oxidation sites excluding steroid dienone is 1. The smallest absolute Gasteiger partial charge is 0.412 e. The van der Waals surface area contributed by atoms with Crippen LogP contribution in [0, 0.1) is 9.49 Å². The van der Waals surface area contributed by atoms with E-state index >= 15 is 0 Å². The first-order chi connectivity index (χ1) is 14.8. The van der Waals surface area contributed by atoms with Gasteiger partial charge in [0.1, 0.15) is 11.9 Å². The first-order valence-electron chi connectivity index (χ1n) is 9.54. The van der Waals surface area contributed by atoms with E-state index < -0.39 is 18.1 Å². The molecule has 0 aromatic heterocycles. The lowest BCUT2D eigenvalue weighted by Gasteiger charge is -2.25. The third kappa shape index (κ3) is 8.08. The average molecular weight is 556 g/mol. The van der Waals surface area contributed by atoms with Gasteiger partial charge in [0.05, 0.1) is 0 Å². The van der Waals surface area contributed by atoms with E-state index in [1.54, 1.807) is 48.2 Å². The molecule has 2 aromatic carbocycles. The molecule has 0 heterocycles. The predicted octanol–water partition coefficient (Wildman–Crippen LogP) is 5.49. The molecule has 2 aromatic rings. The Morgan fingerprint density at radius 2 is 1.94 bits per heavy atom. The zero-order valence-electron chi connectivity index (χ0n) is 17.2. The van der Waals surface area contributed by atoms with Crippen molar-refractivity contribution in [1.82, 2.24) is 5.48 Å². The zero-order chi connectivity index (χ0) is 22.8. The molecule has 0 aliphatic carbocycles. The monoisotopic (exact) mass is 556 g/mol. The number of thioether (sulfide) groups is 1. The van der Waals surface area contributed by atoms with E-state index in [-0.39, 0.29) is 11.7 Å². The number of benzene rings is 2. The molecule has 4 N–H and O–H groups in total. The topological polar surface area (TPSA) is 108 Å². The van der Waals surface area contributed by atoms with Crippen LogP contribution >= 0.6 is 34.4 Å². The van der Waals surface area contributed by atoms with Crippen LogP contribution in [0.2, 0.25) is 0 Å². The number of hydrogen-bond donors (Lipinski definition) is 4. The van der Waals surface area contributed by atoms with Gasteiger partial charge in [-0.2, -0.15) is 0 Å². The van der Waals surface area contributed by atoms with Gasteiger partial charge in [0, 0.05) is 25.8 Å². The highest BCUT2D eigenvalue weighted by atomic mass is 127. The molecular formula is C22H25IN2O5S. The number of anilines is 1. The maximum atomic E-state index is 12.6. The normalized spacial score (nSPS) is 12.9. The van der Waals surface area contributed by atoms with Gasteiger partial charge in [-0.3, -0.25) is 15.3 Å². The van der Waals surface area contributed by atoms with Crippen molar-refractivity contribution in [3.05, 3.63) is 63.8 Å². The molecule has 2 rings (SSSR count). The molecule has 0 radical (unpaired) electrons. The van der Waals surface area contributed by atoms with Gasteiger partial charge in [-0.1, -0.05) is 13.0 Å². The summed E-state index contributed by atoms with van der Waals surface area (Å²) < 4.78 is 6.63. The van der Waals surface area contributed by atoms with Crippen molar-refractivity contribution in [3.63, 3.8) is 0 Å². The molecule has 166 valence electrons. The number of aromatic hydroxyl groups is 1. The van der Waals surface area contributed by atoms with Gasteiger partial charge < -0.3 is 9.84 Å². The second kappa shape index (κ2) is 12.6. The molecule has 0 saturated heterocycles. The standard InChI is InChI=1S/C22H25IN2O5S/c1-14(5-3-4-6-20(27)25-29)21(18-13-15(23)7-12-19(18)26)30-22(28)24-16-8-10-17(31-2)11-9-16/h4,6-14,21,26,29H,3,5H2,1-2H3,(H,24,28)(H,25,27)/b6-4+/t14-,21-/m0/s1. The maximum absolute atomic E-state index is 12.6. The molecule has 0 fully saturated rings. The summed E-state index contributed by atoms with van der Waals surface area (Å²) >= 11 is 3.74. The van der Waals surface area contributed by atoms with Crippen molar-refractivity contribution in [3.8, 4) is 5.75 Å². The van der Waals surface area contributed by atoms with Crippen molar-refractivity contribution in [2.45, 2.75) is 30.8 Å². The Morgan fingerprint density at radius 3 is 2.58 bits per heavy atom. The van der Waals surface area contributed by atoms with Gasteiger partial charge in [-0.15, -0.1) is 11.8 Å². The Balaban J connectivity index is 2.14. The average Bonchev–Trinajstić information content (AvgIpc) is 2.77. The van der Waals surface area contributed by atoms with Gasteiger partial charge in [0.2, 0.25) is 0 Å². The number of carbonyl (C=O) groups excluding carboxylic acids is 2. The van der Waals surface area contributed by atoms with Crippen LogP contribution in [-0.4, -0.2) is 28.6 Å². The van der Waals surface area contributed by atoms with Crippen molar-refractivity contribution in [2.75, 3.05) is 11.6 Å². The summed E-state index contributed by atoms with van der Waals surface area (Å²) in [5.41, 5.74) is 2.66. The molecule has 9 heteroatoms. The lowest BCUT2D eigenvalue weighted by molar-refractivity contribution is -0.124.